The van der Waals surface area contributed by atoms with E-state index < -0.39 is 17.8 Å². The largest absolute Gasteiger partial charge is 0.450 e. The molecule has 0 fully saturated rings. The number of aryl methyl sites for hydroxylation is 1. The summed E-state index contributed by atoms with van der Waals surface area (Å²) in [6.07, 6.45) is 0. The van der Waals surface area contributed by atoms with E-state index in [-0.39, 0.29) is 29.9 Å². The number of aliphatic hydroxyl groups is 1. The van der Waals surface area contributed by atoms with Gasteiger partial charge in [0.05, 0.1) is 23.6 Å². The summed E-state index contributed by atoms with van der Waals surface area (Å²) in [5.41, 5.74) is 1.56. The van der Waals surface area contributed by atoms with Gasteiger partial charge in [0.15, 0.2) is 5.43 Å². The molecule has 0 aliphatic carbocycles. The summed E-state index contributed by atoms with van der Waals surface area (Å²) >= 11 is 0. The van der Waals surface area contributed by atoms with Crippen LogP contribution < -0.4 is 5.43 Å². The second-order valence-electron chi connectivity index (χ2n) is 6.35. The molecule has 0 spiro atoms. The predicted octanol–water partition coefficient (Wildman–Crippen LogP) is 2.78. The van der Waals surface area contributed by atoms with Crippen molar-refractivity contribution < 1.29 is 18.7 Å². The fourth-order valence-corrected chi connectivity index (χ4v) is 3.50. The second-order valence-corrected chi connectivity index (χ2v) is 6.35. The molecule has 1 aliphatic heterocycles. The van der Waals surface area contributed by atoms with Crippen molar-refractivity contribution in [1.29, 1.82) is 0 Å². The fraction of sp³-hybridized carbons (Fsp3) is 0.200. The van der Waals surface area contributed by atoms with Gasteiger partial charge < -0.3 is 14.4 Å². The van der Waals surface area contributed by atoms with Gasteiger partial charge in [0.2, 0.25) is 5.76 Å². The first-order valence-electron chi connectivity index (χ1n) is 8.26. The first kappa shape index (κ1) is 16.5. The van der Waals surface area contributed by atoms with E-state index in [2.05, 4.69) is 0 Å². The molecule has 1 aliphatic rings. The highest BCUT2D eigenvalue weighted by molar-refractivity contribution is 5.99. The molecule has 0 bridgehead atoms. The van der Waals surface area contributed by atoms with E-state index in [1.165, 1.54) is 23.1 Å². The van der Waals surface area contributed by atoms with Crippen LogP contribution in [0.3, 0.4) is 0 Å². The van der Waals surface area contributed by atoms with Crippen molar-refractivity contribution in [2.24, 2.45) is 0 Å². The van der Waals surface area contributed by atoms with Gasteiger partial charge in [-0.05, 0) is 36.8 Å². The lowest BCUT2D eigenvalue weighted by molar-refractivity contribution is 0.0691. The number of halogens is 1. The third-order valence-corrected chi connectivity index (χ3v) is 4.63. The zero-order valence-electron chi connectivity index (χ0n) is 14.0. The molecular formula is C20H16FNO4. The fourth-order valence-electron chi connectivity index (χ4n) is 3.50. The zero-order valence-corrected chi connectivity index (χ0v) is 14.0. The minimum absolute atomic E-state index is 0.0129. The molecule has 1 atom stereocenters. The number of carbonyl (C=O) groups excluding carboxylic acids is 1. The molecule has 2 heterocycles. The third-order valence-electron chi connectivity index (χ3n) is 4.63. The van der Waals surface area contributed by atoms with Crippen molar-refractivity contribution in [2.75, 3.05) is 13.2 Å². The van der Waals surface area contributed by atoms with Crippen LogP contribution in [0, 0.1) is 12.7 Å². The monoisotopic (exact) mass is 353 g/mol. The van der Waals surface area contributed by atoms with Crippen LogP contribution in [0.5, 0.6) is 0 Å². The van der Waals surface area contributed by atoms with Crippen molar-refractivity contribution in [3.05, 3.63) is 81.0 Å². The van der Waals surface area contributed by atoms with Crippen LogP contribution >= 0.6 is 0 Å². The number of benzene rings is 2. The standard InChI is InChI=1S/C20H16FNO4/c1-11-5-6-15-14(9-11)18(24)16-17(12-3-2-4-13(21)10-12)22(7-8-23)20(25)19(16)26-15/h2-6,9-10,17,23H,7-8H2,1H3/t17-/m1/s1. The highest BCUT2D eigenvalue weighted by atomic mass is 19.1. The Bertz CT molecular complexity index is 1090. The highest BCUT2D eigenvalue weighted by Crippen LogP contribution is 2.38. The van der Waals surface area contributed by atoms with Crippen molar-refractivity contribution in [1.82, 2.24) is 4.90 Å². The van der Waals surface area contributed by atoms with Gasteiger partial charge in [0.1, 0.15) is 11.4 Å². The SMILES string of the molecule is Cc1ccc2oc3c(c(=O)c2c1)[C@@H](c1cccc(F)c1)N(CCO)C3=O. The number of hydrogen-bond acceptors (Lipinski definition) is 4. The number of carbonyl (C=O) groups is 1. The predicted molar refractivity (Wildman–Crippen MR) is 93.6 cm³/mol. The summed E-state index contributed by atoms with van der Waals surface area (Å²) in [6, 6.07) is 10.1. The number of rotatable bonds is 3. The van der Waals surface area contributed by atoms with E-state index in [4.69, 9.17) is 4.42 Å². The zero-order chi connectivity index (χ0) is 18.4. The Balaban J connectivity index is 2.03. The molecule has 4 rings (SSSR count). The van der Waals surface area contributed by atoms with E-state index in [1.54, 1.807) is 24.3 Å². The van der Waals surface area contributed by atoms with E-state index in [0.29, 0.717) is 16.5 Å². The van der Waals surface area contributed by atoms with Crippen molar-refractivity contribution in [3.63, 3.8) is 0 Å². The number of amides is 1. The Labute approximate surface area is 148 Å². The Hall–Kier alpha value is -2.99. The van der Waals surface area contributed by atoms with E-state index in [1.807, 2.05) is 6.92 Å². The number of aliphatic hydroxyl groups excluding tert-OH is 1. The summed E-state index contributed by atoms with van der Waals surface area (Å²) in [7, 11) is 0. The second kappa shape index (κ2) is 6.07. The third kappa shape index (κ3) is 2.42. The summed E-state index contributed by atoms with van der Waals surface area (Å²) in [6.45, 7) is 1.59. The molecular weight excluding hydrogens is 337 g/mol. The lowest BCUT2D eigenvalue weighted by Crippen LogP contribution is -2.32. The molecule has 1 aromatic heterocycles. The molecule has 26 heavy (non-hydrogen) atoms. The molecule has 0 saturated heterocycles. The lowest BCUT2D eigenvalue weighted by atomic mass is 9.98. The molecule has 3 aromatic rings. The summed E-state index contributed by atoms with van der Waals surface area (Å²) in [5.74, 6) is -0.995. The first-order valence-corrected chi connectivity index (χ1v) is 8.26. The van der Waals surface area contributed by atoms with Crippen LogP contribution in [0.4, 0.5) is 4.39 Å². The number of nitrogens with zero attached hydrogens (tertiary/aromatic N) is 1. The van der Waals surface area contributed by atoms with Gasteiger partial charge in [0.25, 0.3) is 5.91 Å². The Morgan fingerprint density at radius 3 is 2.73 bits per heavy atom. The van der Waals surface area contributed by atoms with Crippen LogP contribution in [0.1, 0.15) is 33.3 Å². The van der Waals surface area contributed by atoms with Crippen LogP contribution in [0.2, 0.25) is 0 Å². The van der Waals surface area contributed by atoms with E-state index in [9.17, 15) is 19.1 Å². The van der Waals surface area contributed by atoms with Crippen LogP contribution in [-0.2, 0) is 0 Å². The summed E-state index contributed by atoms with van der Waals surface area (Å²) in [5, 5.41) is 9.74. The van der Waals surface area contributed by atoms with Gasteiger partial charge in [0, 0.05) is 6.54 Å². The van der Waals surface area contributed by atoms with Gasteiger partial charge in [-0.25, -0.2) is 4.39 Å². The van der Waals surface area contributed by atoms with Crippen LogP contribution in [0.25, 0.3) is 11.0 Å². The number of fused-ring (bicyclic) bond motifs is 2. The number of β-amino-alcohol motifs (C(OH)–C–C–N with tert-alkyl or cyclic N) is 1. The maximum absolute atomic E-state index is 13.8. The lowest BCUT2D eigenvalue weighted by Gasteiger charge is -2.24. The molecule has 0 radical (unpaired) electrons. The summed E-state index contributed by atoms with van der Waals surface area (Å²) < 4.78 is 19.5. The average molecular weight is 353 g/mol. The Kier molecular flexibility index (Phi) is 3.85. The Morgan fingerprint density at radius 2 is 2.00 bits per heavy atom. The smallest absolute Gasteiger partial charge is 0.290 e. The normalized spacial score (nSPS) is 16.3. The van der Waals surface area contributed by atoms with E-state index >= 15 is 0 Å². The quantitative estimate of drug-likeness (QED) is 0.786. The maximum Gasteiger partial charge on any atom is 0.290 e. The molecule has 1 N–H and O–H groups in total. The van der Waals surface area contributed by atoms with Crippen molar-refractivity contribution in [2.45, 2.75) is 13.0 Å². The minimum Gasteiger partial charge on any atom is -0.450 e. The van der Waals surface area contributed by atoms with Crippen molar-refractivity contribution >= 4 is 16.9 Å². The van der Waals surface area contributed by atoms with Crippen LogP contribution in [0.15, 0.2) is 51.7 Å². The Morgan fingerprint density at radius 1 is 1.19 bits per heavy atom. The average Bonchev–Trinajstić information content (AvgIpc) is 2.89. The number of hydrogen-bond donors (Lipinski definition) is 1. The molecule has 0 saturated carbocycles. The summed E-state index contributed by atoms with van der Waals surface area (Å²) in [4.78, 5) is 27.3. The maximum atomic E-state index is 13.8. The molecule has 1 amide bonds. The molecule has 5 nitrogen and oxygen atoms in total. The first-order chi connectivity index (χ1) is 12.5. The highest BCUT2D eigenvalue weighted by Gasteiger charge is 2.42. The minimum atomic E-state index is -0.790. The van der Waals surface area contributed by atoms with Gasteiger partial charge in [-0.1, -0.05) is 23.8 Å². The van der Waals surface area contributed by atoms with Gasteiger partial charge in [-0.3, -0.25) is 9.59 Å². The molecule has 6 heteroatoms. The van der Waals surface area contributed by atoms with Gasteiger partial charge >= 0.3 is 0 Å². The van der Waals surface area contributed by atoms with Crippen LogP contribution in [-0.4, -0.2) is 29.1 Å². The van der Waals surface area contributed by atoms with Crippen molar-refractivity contribution in [3.8, 4) is 0 Å². The topological polar surface area (TPSA) is 70.8 Å². The van der Waals surface area contributed by atoms with Gasteiger partial charge in [-0.15, -0.1) is 0 Å². The molecule has 132 valence electrons. The molecule has 2 aromatic carbocycles. The molecule has 0 unspecified atom stereocenters. The van der Waals surface area contributed by atoms with E-state index in [0.717, 1.165) is 5.56 Å². The van der Waals surface area contributed by atoms with Gasteiger partial charge in [-0.2, -0.15) is 0 Å².